The van der Waals surface area contributed by atoms with E-state index in [4.69, 9.17) is 4.74 Å². The van der Waals surface area contributed by atoms with Crippen LogP contribution in [0, 0.1) is 0 Å². The van der Waals surface area contributed by atoms with Crippen molar-refractivity contribution in [1.29, 1.82) is 0 Å². The number of amides is 1. The molecule has 0 rings (SSSR count). The van der Waals surface area contributed by atoms with Crippen LogP contribution < -0.4 is 5.32 Å². The largest absolute Gasteiger partial charge is 0.466 e. The number of hydrogen-bond donors (Lipinski definition) is 3. The molecule has 2 atom stereocenters. The molecule has 0 heterocycles. The monoisotopic (exact) mass is 1180 g/mol. The number of aliphatic hydroxyl groups is 2. The Morgan fingerprint density at radius 3 is 0.845 bits per heavy atom. The predicted molar refractivity (Wildman–Crippen MR) is 370 cm³/mol. The molecule has 0 aliphatic heterocycles. The van der Waals surface area contributed by atoms with Crippen molar-refractivity contribution in [2.45, 2.75) is 463 Å². The van der Waals surface area contributed by atoms with Crippen LogP contribution in [-0.2, 0) is 14.3 Å². The van der Waals surface area contributed by atoms with Gasteiger partial charge in [0, 0.05) is 12.8 Å². The summed E-state index contributed by atoms with van der Waals surface area (Å²) in [5.41, 5.74) is 0. The van der Waals surface area contributed by atoms with Crippen LogP contribution in [0.5, 0.6) is 0 Å². The zero-order valence-corrected chi connectivity index (χ0v) is 57.4. The molecule has 0 saturated heterocycles. The highest BCUT2D eigenvalue weighted by Crippen LogP contribution is 2.20. The molecule has 0 aromatic heterocycles. The highest BCUT2D eigenvalue weighted by molar-refractivity contribution is 5.76. The lowest BCUT2D eigenvalue weighted by molar-refractivity contribution is -0.143. The summed E-state index contributed by atoms with van der Waals surface area (Å²) in [5, 5.41) is 23.4. The van der Waals surface area contributed by atoms with Gasteiger partial charge in [-0.25, -0.2) is 0 Å². The summed E-state index contributed by atoms with van der Waals surface area (Å²) in [7, 11) is 0. The smallest absolute Gasteiger partial charge is 0.305 e. The van der Waals surface area contributed by atoms with E-state index in [1.165, 1.54) is 379 Å². The average Bonchev–Trinajstić information content (AvgIpc) is 3.52. The highest BCUT2D eigenvalue weighted by atomic mass is 16.5. The molecule has 0 aliphatic rings. The first-order chi connectivity index (χ1) is 41.5. The topological polar surface area (TPSA) is 95.9 Å². The van der Waals surface area contributed by atoms with Crippen molar-refractivity contribution in [3.8, 4) is 0 Å². The summed E-state index contributed by atoms with van der Waals surface area (Å²) < 4.78 is 5.51. The molecule has 0 aromatic carbocycles. The highest BCUT2D eigenvalue weighted by Gasteiger charge is 2.20. The first-order valence-electron chi connectivity index (χ1n) is 38.9. The Balaban J connectivity index is 3.31. The molecule has 2 unspecified atom stereocenters. The van der Waals surface area contributed by atoms with Crippen LogP contribution in [0.4, 0.5) is 0 Å². The van der Waals surface area contributed by atoms with Crippen LogP contribution in [0.15, 0.2) is 12.2 Å². The maximum atomic E-state index is 12.5. The molecule has 84 heavy (non-hydrogen) atoms. The fourth-order valence-electron chi connectivity index (χ4n) is 12.6. The molecule has 0 radical (unpaired) electrons. The Morgan fingerprint density at radius 1 is 0.321 bits per heavy atom. The SMILES string of the molecule is CCCCCCCCC/C=C\CCCCCCCCCC(=O)OCCCCCCCCCCCCCCCCCCCCCCCCCCCCCCCCCC(=O)NC(CO)C(O)CCCCCCCCCCCCCCCCCCCC. The molecule has 0 bridgehead atoms. The van der Waals surface area contributed by atoms with E-state index in [9.17, 15) is 19.8 Å². The van der Waals surface area contributed by atoms with Gasteiger partial charge in [-0.05, 0) is 51.4 Å². The molecule has 0 aromatic rings. The van der Waals surface area contributed by atoms with Crippen LogP contribution in [0.3, 0.4) is 0 Å². The number of hydrogen-bond acceptors (Lipinski definition) is 5. The summed E-state index contributed by atoms with van der Waals surface area (Å²) in [6.07, 6.45) is 93.0. The summed E-state index contributed by atoms with van der Waals surface area (Å²) >= 11 is 0. The third-order valence-corrected chi connectivity index (χ3v) is 18.6. The Morgan fingerprint density at radius 2 is 0.560 bits per heavy atom. The number of rotatable bonds is 74. The van der Waals surface area contributed by atoms with Gasteiger partial charge in [0.1, 0.15) is 0 Å². The van der Waals surface area contributed by atoms with E-state index >= 15 is 0 Å². The van der Waals surface area contributed by atoms with Gasteiger partial charge in [0.05, 0.1) is 25.4 Å². The first-order valence-corrected chi connectivity index (χ1v) is 38.9. The van der Waals surface area contributed by atoms with Crippen molar-refractivity contribution in [2.24, 2.45) is 0 Å². The number of nitrogens with one attached hydrogen (secondary N) is 1. The molecule has 6 nitrogen and oxygen atoms in total. The van der Waals surface area contributed by atoms with Crippen LogP contribution >= 0.6 is 0 Å². The Labute approximate surface area is 527 Å². The van der Waals surface area contributed by atoms with E-state index in [1.54, 1.807) is 0 Å². The molecule has 0 saturated carbocycles. The van der Waals surface area contributed by atoms with Crippen LogP contribution in [0.1, 0.15) is 450 Å². The minimum absolute atomic E-state index is 0.0190. The third kappa shape index (κ3) is 69.7. The van der Waals surface area contributed by atoms with E-state index in [1.807, 2.05) is 0 Å². The molecule has 3 N–H and O–H groups in total. The number of unbranched alkanes of at least 4 members (excludes halogenated alkanes) is 61. The molecule has 500 valence electrons. The van der Waals surface area contributed by atoms with Crippen molar-refractivity contribution in [3.05, 3.63) is 12.2 Å². The van der Waals surface area contributed by atoms with Crippen molar-refractivity contribution in [2.75, 3.05) is 13.2 Å². The minimum atomic E-state index is -0.661. The van der Waals surface area contributed by atoms with Gasteiger partial charge in [0.25, 0.3) is 0 Å². The lowest BCUT2D eigenvalue weighted by Gasteiger charge is -2.22. The average molecular weight is 1190 g/mol. The summed E-state index contributed by atoms with van der Waals surface area (Å²) in [6.45, 7) is 5.00. The zero-order valence-electron chi connectivity index (χ0n) is 57.4. The lowest BCUT2D eigenvalue weighted by Crippen LogP contribution is -2.45. The van der Waals surface area contributed by atoms with Gasteiger partial charge in [-0.2, -0.15) is 0 Å². The molecular weight excluding hydrogens is 1030 g/mol. The number of allylic oxidation sites excluding steroid dienone is 2. The molecule has 0 spiro atoms. The van der Waals surface area contributed by atoms with E-state index in [2.05, 4.69) is 31.3 Å². The third-order valence-electron chi connectivity index (χ3n) is 18.6. The van der Waals surface area contributed by atoms with Gasteiger partial charge >= 0.3 is 5.97 Å². The van der Waals surface area contributed by atoms with E-state index in [0.717, 1.165) is 38.5 Å². The van der Waals surface area contributed by atoms with Gasteiger partial charge in [-0.1, -0.05) is 398 Å². The van der Waals surface area contributed by atoms with Crippen molar-refractivity contribution in [3.63, 3.8) is 0 Å². The summed E-state index contributed by atoms with van der Waals surface area (Å²) in [5.74, 6) is -0.00686. The van der Waals surface area contributed by atoms with Crippen molar-refractivity contribution in [1.82, 2.24) is 5.32 Å². The maximum Gasteiger partial charge on any atom is 0.305 e. The Hall–Kier alpha value is -1.40. The summed E-state index contributed by atoms with van der Waals surface area (Å²) in [6, 6.07) is -0.538. The van der Waals surface area contributed by atoms with E-state index < -0.39 is 12.1 Å². The fourth-order valence-corrected chi connectivity index (χ4v) is 12.6. The van der Waals surface area contributed by atoms with E-state index in [-0.39, 0.29) is 18.5 Å². The maximum absolute atomic E-state index is 12.5. The second kappa shape index (κ2) is 74.1. The molecule has 0 aliphatic carbocycles. The second-order valence-corrected chi connectivity index (χ2v) is 27.0. The van der Waals surface area contributed by atoms with Gasteiger partial charge in [-0.15, -0.1) is 0 Å². The molecule has 6 heteroatoms. The molecule has 0 fully saturated rings. The van der Waals surface area contributed by atoms with Crippen molar-refractivity contribution >= 4 is 11.9 Å². The fraction of sp³-hybridized carbons (Fsp3) is 0.949. The molecule has 1 amide bonds. The number of carbonyl (C=O) groups excluding carboxylic acids is 2. The zero-order chi connectivity index (χ0) is 60.6. The standard InChI is InChI=1S/C78H153NO5/c1-3-5-7-9-11-13-15-17-19-21-38-42-46-50-54-58-62-66-70-76(81)75(74-80)79-77(82)71-67-63-59-55-51-47-43-39-36-34-32-30-28-26-24-23-25-27-29-31-33-35-37-41-45-49-53-57-61-65-69-73-84-78(83)72-68-64-60-56-52-48-44-40-22-20-18-16-14-12-10-8-6-4-2/h20,22,75-76,80-81H,3-19,21,23-74H2,1-2H3,(H,79,82)/b22-20-. The van der Waals surface area contributed by atoms with Crippen LogP contribution in [0.2, 0.25) is 0 Å². The summed E-state index contributed by atoms with van der Waals surface area (Å²) in [4.78, 5) is 24.7. The number of esters is 1. The first kappa shape index (κ1) is 82.6. The predicted octanol–water partition coefficient (Wildman–Crippen LogP) is 25.5. The van der Waals surface area contributed by atoms with Gasteiger partial charge in [0.2, 0.25) is 5.91 Å². The quantitative estimate of drug-likeness (QED) is 0.0320. The Kier molecular flexibility index (Phi) is 72.8. The number of carbonyl (C=O) groups is 2. The van der Waals surface area contributed by atoms with E-state index in [0.29, 0.717) is 25.9 Å². The van der Waals surface area contributed by atoms with Crippen LogP contribution in [0.25, 0.3) is 0 Å². The molecular formula is C78H153NO5. The van der Waals surface area contributed by atoms with Gasteiger partial charge < -0.3 is 20.3 Å². The second-order valence-electron chi connectivity index (χ2n) is 27.0. The Bertz CT molecular complexity index is 1270. The number of ether oxygens (including phenoxy) is 1. The van der Waals surface area contributed by atoms with Crippen LogP contribution in [-0.4, -0.2) is 47.4 Å². The van der Waals surface area contributed by atoms with Crippen molar-refractivity contribution < 1.29 is 24.5 Å². The normalized spacial score (nSPS) is 12.5. The number of aliphatic hydroxyl groups excluding tert-OH is 2. The van der Waals surface area contributed by atoms with Gasteiger partial charge in [0.15, 0.2) is 0 Å². The van der Waals surface area contributed by atoms with Gasteiger partial charge in [-0.3, -0.25) is 9.59 Å². The lowest BCUT2D eigenvalue weighted by atomic mass is 10.0. The minimum Gasteiger partial charge on any atom is -0.466 e.